The number of carbonyl (C=O) groups excluding carboxylic acids is 2. The first-order valence-corrected chi connectivity index (χ1v) is 6.98. The topological polar surface area (TPSA) is 76.2 Å². The Kier molecular flexibility index (Phi) is 3.61. The van der Waals surface area contributed by atoms with Crippen LogP contribution >= 0.6 is 11.8 Å². The Bertz CT molecular complexity index is 657. The first kappa shape index (κ1) is 13.6. The van der Waals surface area contributed by atoms with Crippen LogP contribution < -0.4 is 5.56 Å². The van der Waals surface area contributed by atoms with E-state index in [2.05, 4.69) is 4.98 Å². The smallest absolute Gasteiger partial charge is 0.248 e. The first-order valence-electron chi connectivity index (χ1n) is 5.75. The molecule has 6 heteroatoms. The summed E-state index contributed by atoms with van der Waals surface area (Å²) in [5, 5.41) is 0. The number of H-pyrrole nitrogens is 1. The van der Waals surface area contributed by atoms with Gasteiger partial charge in [-0.15, -0.1) is 11.8 Å². The number of ketones is 2. The van der Waals surface area contributed by atoms with E-state index in [1.165, 1.54) is 6.07 Å². The van der Waals surface area contributed by atoms with E-state index >= 15 is 0 Å². The highest BCUT2D eigenvalue weighted by Crippen LogP contribution is 2.32. The maximum atomic E-state index is 12.4. The number of carbonyl (C=O) groups is 2. The zero-order valence-corrected chi connectivity index (χ0v) is 11.6. The van der Waals surface area contributed by atoms with E-state index in [0.717, 1.165) is 11.8 Å². The SMILES string of the molecule is CCOC1=C(SC)C(=O)c2cc(=O)[nH]c(C)c2C1=O. The van der Waals surface area contributed by atoms with Gasteiger partial charge >= 0.3 is 0 Å². The molecule has 0 unspecified atom stereocenters. The molecule has 1 aromatic rings. The molecular weight excluding hydrogens is 266 g/mol. The summed E-state index contributed by atoms with van der Waals surface area (Å²) in [7, 11) is 0. The highest BCUT2D eigenvalue weighted by molar-refractivity contribution is 8.03. The van der Waals surface area contributed by atoms with E-state index in [9.17, 15) is 14.4 Å². The number of aromatic amines is 1. The molecule has 1 N–H and O–H groups in total. The lowest BCUT2D eigenvalue weighted by atomic mass is 9.92. The minimum Gasteiger partial charge on any atom is -0.488 e. The standard InChI is InChI=1S/C13H13NO4S/c1-4-18-12-11(17)9-6(2)14-8(15)5-7(9)10(16)13(12)19-3/h5H,4H2,1-3H3,(H,14,15). The van der Waals surface area contributed by atoms with E-state index in [-0.39, 0.29) is 33.4 Å². The highest BCUT2D eigenvalue weighted by Gasteiger charge is 2.35. The molecule has 0 spiro atoms. The molecule has 0 radical (unpaired) electrons. The fourth-order valence-electron chi connectivity index (χ4n) is 2.06. The normalized spacial score (nSPS) is 14.7. The predicted octanol–water partition coefficient (Wildman–Crippen LogP) is 1.67. The van der Waals surface area contributed by atoms with Gasteiger partial charge in [-0.3, -0.25) is 14.4 Å². The molecule has 1 aliphatic carbocycles. The quantitative estimate of drug-likeness (QED) is 0.910. The maximum absolute atomic E-state index is 12.4. The van der Waals surface area contributed by atoms with Gasteiger partial charge in [0.15, 0.2) is 5.76 Å². The van der Waals surface area contributed by atoms with Crippen LogP contribution in [0.5, 0.6) is 0 Å². The Morgan fingerprint density at radius 3 is 2.53 bits per heavy atom. The molecule has 19 heavy (non-hydrogen) atoms. The number of aryl methyl sites for hydroxylation is 1. The average molecular weight is 279 g/mol. The molecule has 0 saturated carbocycles. The Hall–Kier alpha value is -1.82. The van der Waals surface area contributed by atoms with Crippen molar-refractivity contribution < 1.29 is 14.3 Å². The second-order valence-electron chi connectivity index (χ2n) is 4.00. The summed E-state index contributed by atoms with van der Waals surface area (Å²) in [6.45, 7) is 3.65. The third-order valence-corrected chi connectivity index (χ3v) is 3.59. The van der Waals surface area contributed by atoms with Gasteiger partial charge in [0.25, 0.3) is 0 Å². The number of fused-ring (bicyclic) bond motifs is 1. The van der Waals surface area contributed by atoms with Crippen molar-refractivity contribution in [2.24, 2.45) is 0 Å². The highest BCUT2D eigenvalue weighted by atomic mass is 32.2. The van der Waals surface area contributed by atoms with Crippen molar-refractivity contribution in [3.05, 3.63) is 43.9 Å². The third-order valence-electron chi connectivity index (χ3n) is 2.81. The number of hydrogen-bond acceptors (Lipinski definition) is 5. The van der Waals surface area contributed by atoms with Crippen LogP contribution in [0.4, 0.5) is 0 Å². The van der Waals surface area contributed by atoms with Crippen LogP contribution in [0, 0.1) is 6.92 Å². The summed E-state index contributed by atoms with van der Waals surface area (Å²) in [5.41, 5.74) is 0.376. The number of nitrogens with one attached hydrogen (secondary N) is 1. The predicted molar refractivity (Wildman–Crippen MR) is 72.6 cm³/mol. The molecule has 0 saturated heterocycles. The van der Waals surface area contributed by atoms with E-state index in [1.807, 2.05) is 0 Å². The molecule has 5 nitrogen and oxygen atoms in total. The summed E-state index contributed by atoms with van der Waals surface area (Å²) in [6, 6.07) is 1.17. The second-order valence-corrected chi connectivity index (χ2v) is 4.82. The number of ether oxygens (including phenoxy) is 1. The average Bonchev–Trinajstić information content (AvgIpc) is 2.35. The van der Waals surface area contributed by atoms with E-state index in [4.69, 9.17) is 4.74 Å². The zero-order chi connectivity index (χ0) is 14.2. The lowest BCUT2D eigenvalue weighted by molar-refractivity contribution is 0.0887. The molecule has 0 aliphatic heterocycles. The fourth-order valence-corrected chi connectivity index (χ4v) is 2.70. The van der Waals surface area contributed by atoms with Crippen LogP contribution in [-0.4, -0.2) is 29.4 Å². The van der Waals surface area contributed by atoms with Gasteiger partial charge in [-0.25, -0.2) is 0 Å². The van der Waals surface area contributed by atoms with Crippen LogP contribution in [0.3, 0.4) is 0 Å². The van der Waals surface area contributed by atoms with Gasteiger partial charge in [0.2, 0.25) is 17.1 Å². The van der Waals surface area contributed by atoms with Crippen molar-refractivity contribution in [3.63, 3.8) is 0 Å². The largest absolute Gasteiger partial charge is 0.488 e. The maximum Gasteiger partial charge on any atom is 0.248 e. The first-order chi connectivity index (χ1) is 9.01. The Balaban J connectivity index is 2.73. The number of aromatic nitrogens is 1. The third kappa shape index (κ3) is 2.12. The molecule has 0 atom stereocenters. The van der Waals surface area contributed by atoms with Crippen molar-refractivity contribution >= 4 is 23.3 Å². The number of Topliss-reactive ketones (excluding diaryl/α,β-unsaturated/α-hetero) is 2. The molecule has 1 heterocycles. The van der Waals surface area contributed by atoms with Crippen LogP contribution in [-0.2, 0) is 4.74 Å². The van der Waals surface area contributed by atoms with Crippen molar-refractivity contribution in [1.29, 1.82) is 0 Å². The number of allylic oxidation sites excluding steroid dienone is 2. The van der Waals surface area contributed by atoms with Crippen molar-refractivity contribution in [3.8, 4) is 0 Å². The summed E-state index contributed by atoms with van der Waals surface area (Å²) < 4.78 is 5.31. The lowest BCUT2D eigenvalue weighted by Gasteiger charge is -2.20. The van der Waals surface area contributed by atoms with Crippen LogP contribution in [0.15, 0.2) is 21.5 Å². The molecule has 0 amide bonds. The number of pyridine rings is 1. The summed E-state index contributed by atoms with van der Waals surface area (Å²) >= 11 is 1.15. The molecule has 1 aromatic heterocycles. The zero-order valence-electron chi connectivity index (χ0n) is 10.8. The van der Waals surface area contributed by atoms with Gasteiger partial charge in [-0.1, -0.05) is 0 Å². The summed E-state index contributed by atoms with van der Waals surface area (Å²) in [5.74, 6) is -0.614. The van der Waals surface area contributed by atoms with Gasteiger partial charge in [-0.2, -0.15) is 0 Å². The van der Waals surface area contributed by atoms with Gasteiger partial charge in [0, 0.05) is 17.3 Å². The molecule has 1 aliphatic rings. The monoisotopic (exact) mass is 279 g/mol. The Labute approximate surface area is 114 Å². The Morgan fingerprint density at radius 1 is 1.26 bits per heavy atom. The lowest BCUT2D eigenvalue weighted by Crippen LogP contribution is -2.27. The van der Waals surface area contributed by atoms with Crippen LogP contribution in [0.25, 0.3) is 0 Å². The molecule has 0 bridgehead atoms. The minimum atomic E-state index is -0.391. The summed E-state index contributed by atoms with van der Waals surface area (Å²) in [4.78, 5) is 38.9. The van der Waals surface area contributed by atoms with Gasteiger partial charge in [-0.05, 0) is 20.1 Å². The van der Waals surface area contributed by atoms with Crippen LogP contribution in [0.1, 0.15) is 33.3 Å². The second kappa shape index (κ2) is 5.05. The van der Waals surface area contributed by atoms with Crippen LogP contribution in [0.2, 0.25) is 0 Å². The van der Waals surface area contributed by atoms with Crippen molar-refractivity contribution in [2.75, 3.05) is 12.9 Å². The van der Waals surface area contributed by atoms with Gasteiger partial charge < -0.3 is 9.72 Å². The number of thioether (sulfide) groups is 1. The van der Waals surface area contributed by atoms with Gasteiger partial charge in [0.1, 0.15) is 4.91 Å². The van der Waals surface area contributed by atoms with Crippen molar-refractivity contribution in [2.45, 2.75) is 13.8 Å². The molecule has 100 valence electrons. The molecular formula is C13H13NO4S. The van der Waals surface area contributed by atoms with Crippen molar-refractivity contribution in [1.82, 2.24) is 4.98 Å². The Morgan fingerprint density at radius 2 is 1.95 bits per heavy atom. The van der Waals surface area contributed by atoms with Gasteiger partial charge in [0.05, 0.1) is 12.2 Å². The van der Waals surface area contributed by atoms with E-state index in [0.29, 0.717) is 12.3 Å². The minimum absolute atomic E-state index is 0.0719. The molecule has 0 aromatic carbocycles. The molecule has 2 rings (SSSR count). The fraction of sp³-hybridized carbons (Fsp3) is 0.308. The molecule has 0 fully saturated rings. The number of rotatable bonds is 3. The number of hydrogen-bond donors (Lipinski definition) is 1. The van der Waals surface area contributed by atoms with E-state index in [1.54, 1.807) is 20.1 Å². The summed E-state index contributed by atoms with van der Waals surface area (Å²) in [6.07, 6.45) is 1.70. The van der Waals surface area contributed by atoms with E-state index < -0.39 is 5.56 Å².